The van der Waals surface area contributed by atoms with Crippen LogP contribution in [0.2, 0.25) is 0 Å². The van der Waals surface area contributed by atoms with Gasteiger partial charge in [0.25, 0.3) is 0 Å². The van der Waals surface area contributed by atoms with Crippen LogP contribution in [0.3, 0.4) is 0 Å². The number of anilines is 1. The highest BCUT2D eigenvalue weighted by Crippen LogP contribution is 2.71. The molecule has 0 aromatic heterocycles. The summed E-state index contributed by atoms with van der Waals surface area (Å²) in [5.41, 5.74) is 0.666. The number of fused-ring (bicyclic) bond motifs is 1. The number of hydrogen-bond acceptors (Lipinski definition) is 6. The Bertz CT molecular complexity index is 1000. The Kier molecular flexibility index (Phi) is 8.43. The first-order valence-corrected chi connectivity index (χ1v) is 14.4. The largest absolute Gasteiger partial charge is 0.494 e. The van der Waals surface area contributed by atoms with Crippen LogP contribution in [0, 0.1) is 11.8 Å². The van der Waals surface area contributed by atoms with Gasteiger partial charge < -0.3 is 25.4 Å². The van der Waals surface area contributed by atoms with Gasteiger partial charge in [0.2, 0.25) is 17.7 Å². The number of aliphatic hydroxyl groups is 1. The third-order valence-electron chi connectivity index (χ3n) is 7.98. The summed E-state index contributed by atoms with van der Waals surface area (Å²) in [5, 5.41) is 15.2. The lowest BCUT2D eigenvalue weighted by Gasteiger charge is -2.35. The zero-order valence-corrected chi connectivity index (χ0v) is 23.2. The molecule has 3 saturated heterocycles. The minimum Gasteiger partial charge on any atom is -0.494 e. The molecule has 204 valence electrons. The summed E-state index contributed by atoms with van der Waals surface area (Å²) in [6.45, 7) is 9.07. The number of hydrogen-bond donors (Lipinski definition) is 3. The first-order valence-electron chi connectivity index (χ1n) is 13.6. The van der Waals surface area contributed by atoms with Gasteiger partial charge in [-0.05, 0) is 77.6 Å². The van der Waals surface area contributed by atoms with Crippen LogP contribution in [0.25, 0.3) is 0 Å². The van der Waals surface area contributed by atoms with E-state index >= 15 is 0 Å². The molecule has 3 heterocycles. The highest BCUT2D eigenvalue weighted by Gasteiger charge is 2.77. The van der Waals surface area contributed by atoms with Crippen molar-refractivity contribution in [3.05, 3.63) is 24.3 Å². The molecule has 1 aromatic rings. The molecule has 9 heteroatoms. The fraction of sp³-hybridized carbons (Fsp3) is 0.679. The molecule has 3 fully saturated rings. The molecule has 4 rings (SSSR count). The van der Waals surface area contributed by atoms with Crippen LogP contribution in [-0.4, -0.2) is 69.1 Å². The van der Waals surface area contributed by atoms with Gasteiger partial charge in [0, 0.05) is 29.6 Å². The highest BCUT2D eigenvalue weighted by atomic mass is 32.2. The SMILES string of the molecule is CCOc1ccc(NC(=O)[C@@H]2[C@H]3C(=O)N(CCCCCCO)C(C(=O)NC(C)C)C34CC[C@@]2(C)S4)cc1. The molecule has 3 N–H and O–H groups in total. The summed E-state index contributed by atoms with van der Waals surface area (Å²) in [6, 6.07) is 6.65. The second-order valence-corrected chi connectivity index (χ2v) is 12.9. The molecule has 0 saturated carbocycles. The van der Waals surface area contributed by atoms with Gasteiger partial charge in [-0.25, -0.2) is 0 Å². The van der Waals surface area contributed by atoms with Crippen molar-refractivity contribution in [2.75, 3.05) is 25.1 Å². The van der Waals surface area contributed by atoms with Gasteiger partial charge >= 0.3 is 0 Å². The summed E-state index contributed by atoms with van der Waals surface area (Å²) in [5.74, 6) is -0.661. The Morgan fingerprint density at radius 3 is 2.49 bits per heavy atom. The van der Waals surface area contributed by atoms with Gasteiger partial charge in [-0.1, -0.05) is 12.8 Å². The van der Waals surface area contributed by atoms with E-state index in [1.165, 1.54) is 0 Å². The molecule has 2 bridgehead atoms. The quantitative estimate of drug-likeness (QED) is 0.356. The summed E-state index contributed by atoms with van der Waals surface area (Å²) < 4.78 is 4.50. The summed E-state index contributed by atoms with van der Waals surface area (Å²) in [4.78, 5) is 43.1. The van der Waals surface area contributed by atoms with Crippen LogP contribution >= 0.6 is 11.8 Å². The van der Waals surface area contributed by atoms with Crippen LogP contribution in [0.5, 0.6) is 5.75 Å². The summed E-state index contributed by atoms with van der Waals surface area (Å²) >= 11 is 1.69. The molecular formula is C28H41N3O5S. The second-order valence-electron chi connectivity index (χ2n) is 11.0. The lowest BCUT2D eigenvalue weighted by Crippen LogP contribution is -2.54. The number of likely N-dealkylation sites (tertiary alicyclic amines) is 1. The van der Waals surface area contributed by atoms with E-state index in [4.69, 9.17) is 9.84 Å². The maximum absolute atomic E-state index is 14.0. The Morgan fingerprint density at radius 1 is 1.14 bits per heavy atom. The monoisotopic (exact) mass is 531 g/mol. The van der Waals surface area contributed by atoms with E-state index in [0.29, 0.717) is 18.8 Å². The molecular weight excluding hydrogens is 490 g/mol. The van der Waals surface area contributed by atoms with E-state index in [1.54, 1.807) is 16.7 Å². The Balaban J connectivity index is 1.59. The molecule has 3 aliphatic heterocycles. The molecule has 1 aromatic carbocycles. The minimum absolute atomic E-state index is 0.0394. The van der Waals surface area contributed by atoms with Crippen molar-refractivity contribution < 1.29 is 24.2 Å². The Labute approximate surface area is 224 Å². The third kappa shape index (κ3) is 5.21. The first kappa shape index (κ1) is 27.8. The molecule has 5 atom stereocenters. The molecule has 0 radical (unpaired) electrons. The van der Waals surface area contributed by atoms with Gasteiger partial charge in [-0.2, -0.15) is 0 Å². The number of unbranched alkanes of at least 4 members (excludes halogenated alkanes) is 3. The fourth-order valence-corrected chi connectivity index (χ4v) is 8.86. The maximum Gasteiger partial charge on any atom is 0.244 e. The van der Waals surface area contributed by atoms with Crippen LogP contribution in [-0.2, 0) is 14.4 Å². The highest BCUT2D eigenvalue weighted by molar-refractivity contribution is 8.02. The van der Waals surface area contributed by atoms with Crippen LogP contribution in [0.1, 0.15) is 66.2 Å². The number of nitrogens with zero attached hydrogens (tertiary/aromatic N) is 1. The van der Waals surface area contributed by atoms with Gasteiger partial charge in [0.15, 0.2) is 0 Å². The maximum atomic E-state index is 14.0. The Morgan fingerprint density at radius 2 is 1.84 bits per heavy atom. The molecule has 3 amide bonds. The normalized spacial score (nSPS) is 30.1. The number of benzene rings is 1. The molecule has 1 spiro atoms. The predicted molar refractivity (Wildman–Crippen MR) is 146 cm³/mol. The Hall–Kier alpha value is -2.26. The molecule has 3 aliphatic rings. The average molecular weight is 532 g/mol. The number of aliphatic hydroxyl groups excluding tert-OH is 1. The van der Waals surface area contributed by atoms with Crippen LogP contribution in [0.4, 0.5) is 5.69 Å². The van der Waals surface area contributed by atoms with Crippen molar-refractivity contribution in [2.45, 2.75) is 87.8 Å². The summed E-state index contributed by atoms with van der Waals surface area (Å²) in [7, 11) is 0. The van der Waals surface area contributed by atoms with Gasteiger partial charge in [-0.3, -0.25) is 14.4 Å². The van der Waals surface area contributed by atoms with E-state index in [1.807, 2.05) is 45.0 Å². The van der Waals surface area contributed by atoms with E-state index in [9.17, 15) is 14.4 Å². The average Bonchev–Trinajstić information content (AvgIpc) is 3.40. The number of thioether (sulfide) groups is 1. The lowest BCUT2D eigenvalue weighted by molar-refractivity contribution is -0.139. The standard InChI is InChI=1S/C28H41N3O5S/c1-5-36-20-12-10-19(11-13-20)30-24(33)21-22-26(35)31(16-8-6-7-9-17-32)23(25(34)29-18(2)3)28(22)15-14-27(21,4)37-28/h10-13,18,21-23,32H,5-9,14-17H2,1-4H3,(H,29,34)(H,30,33)/t21-,22-,23?,27+,28?/m0/s1. The van der Waals surface area contributed by atoms with Crippen molar-refractivity contribution in [1.29, 1.82) is 0 Å². The van der Waals surface area contributed by atoms with Gasteiger partial charge in [-0.15, -0.1) is 11.8 Å². The molecule has 0 aliphatic carbocycles. The number of carbonyl (C=O) groups excluding carboxylic acids is 3. The van der Waals surface area contributed by atoms with Crippen molar-refractivity contribution >= 4 is 35.2 Å². The summed E-state index contributed by atoms with van der Waals surface area (Å²) in [6.07, 6.45) is 4.81. The van der Waals surface area contributed by atoms with Crippen molar-refractivity contribution in [3.8, 4) is 5.75 Å². The number of ether oxygens (including phenoxy) is 1. The number of nitrogens with one attached hydrogen (secondary N) is 2. The van der Waals surface area contributed by atoms with E-state index in [0.717, 1.165) is 44.3 Å². The molecule has 2 unspecified atom stereocenters. The van der Waals surface area contributed by atoms with Crippen molar-refractivity contribution in [2.24, 2.45) is 11.8 Å². The number of rotatable bonds is 12. The topological polar surface area (TPSA) is 108 Å². The van der Waals surface area contributed by atoms with E-state index in [-0.39, 0.29) is 30.4 Å². The predicted octanol–water partition coefficient (Wildman–Crippen LogP) is 3.58. The number of amides is 3. The van der Waals surface area contributed by atoms with Crippen LogP contribution < -0.4 is 15.4 Å². The zero-order valence-electron chi connectivity index (χ0n) is 22.4. The van der Waals surface area contributed by atoms with E-state index < -0.39 is 27.4 Å². The van der Waals surface area contributed by atoms with Crippen LogP contribution in [0.15, 0.2) is 24.3 Å². The second kappa shape index (κ2) is 11.2. The third-order valence-corrected chi connectivity index (χ3v) is 9.96. The van der Waals surface area contributed by atoms with Crippen molar-refractivity contribution in [3.63, 3.8) is 0 Å². The molecule has 37 heavy (non-hydrogen) atoms. The van der Waals surface area contributed by atoms with Crippen molar-refractivity contribution in [1.82, 2.24) is 10.2 Å². The lowest BCUT2D eigenvalue weighted by atomic mass is 9.66. The number of carbonyl (C=O) groups is 3. The zero-order chi connectivity index (χ0) is 26.8. The van der Waals surface area contributed by atoms with E-state index in [2.05, 4.69) is 17.6 Å². The van der Waals surface area contributed by atoms with Gasteiger partial charge in [0.05, 0.1) is 23.2 Å². The first-order chi connectivity index (χ1) is 17.7. The minimum atomic E-state index is -0.600. The fourth-order valence-electron chi connectivity index (χ4n) is 6.50. The smallest absolute Gasteiger partial charge is 0.244 e. The van der Waals surface area contributed by atoms with Gasteiger partial charge in [0.1, 0.15) is 11.8 Å². The molecule has 8 nitrogen and oxygen atoms in total.